The Kier molecular flexibility index (Phi) is 3.19. The molecule has 22 heavy (non-hydrogen) atoms. The molecule has 0 saturated carbocycles. The number of hydrogen-bond donors (Lipinski definition) is 0. The van der Waals surface area contributed by atoms with Crippen LogP contribution >= 0.6 is 0 Å². The maximum absolute atomic E-state index is 5.46. The van der Waals surface area contributed by atoms with Crippen LogP contribution in [0.4, 0.5) is 0 Å². The molecule has 1 atom stereocenters. The standard InChI is InChI=1S/C15H16N6O/c1-20-7-2-3-12(20)15-18-14(19-22-15)11-4-5-17-13(9-11)21-8-6-16-10-21/h4-6,8-10,12H,2-3,7H2,1H3/t12-/m0/s1. The Labute approximate surface area is 127 Å². The molecule has 0 aliphatic carbocycles. The molecule has 0 aromatic carbocycles. The van der Waals surface area contributed by atoms with Crippen molar-refractivity contribution in [3.63, 3.8) is 0 Å². The van der Waals surface area contributed by atoms with Gasteiger partial charge in [0.05, 0.1) is 6.04 Å². The summed E-state index contributed by atoms with van der Waals surface area (Å²) in [6.45, 7) is 1.07. The van der Waals surface area contributed by atoms with E-state index in [1.54, 1.807) is 18.7 Å². The van der Waals surface area contributed by atoms with Gasteiger partial charge in [-0.25, -0.2) is 9.97 Å². The molecule has 1 aliphatic heterocycles. The lowest BCUT2D eigenvalue weighted by molar-refractivity contribution is 0.245. The van der Waals surface area contributed by atoms with Crippen LogP contribution in [0.5, 0.6) is 0 Å². The van der Waals surface area contributed by atoms with Gasteiger partial charge in [0.1, 0.15) is 12.1 Å². The molecule has 1 fully saturated rings. The van der Waals surface area contributed by atoms with E-state index in [1.165, 1.54) is 6.42 Å². The minimum Gasteiger partial charge on any atom is -0.337 e. The summed E-state index contributed by atoms with van der Waals surface area (Å²) in [5, 5.41) is 4.12. The summed E-state index contributed by atoms with van der Waals surface area (Å²) in [5.74, 6) is 2.06. The molecule has 1 saturated heterocycles. The molecule has 0 radical (unpaired) electrons. The highest BCUT2D eigenvalue weighted by Gasteiger charge is 2.28. The van der Waals surface area contributed by atoms with E-state index in [2.05, 4.69) is 32.1 Å². The predicted molar refractivity (Wildman–Crippen MR) is 79.3 cm³/mol. The first-order valence-corrected chi connectivity index (χ1v) is 7.30. The quantitative estimate of drug-likeness (QED) is 0.737. The van der Waals surface area contributed by atoms with Crippen molar-refractivity contribution >= 4 is 0 Å². The normalized spacial score (nSPS) is 18.9. The SMILES string of the molecule is CN1CCC[C@H]1c1nc(-c2ccnc(-n3ccnc3)c2)no1. The Morgan fingerprint density at radius 1 is 1.32 bits per heavy atom. The van der Waals surface area contributed by atoms with Crippen molar-refractivity contribution in [2.24, 2.45) is 0 Å². The van der Waals surface area contributed by atoms with Crippen molar-refractivity contribution in [1.82, 2.24) is 29.6 Å². The van der Waals surface area contributed by atoms with Crippen LogP contribution in [0.3, 0.4) is 0 Å². The van der Waals surface area contributed by atoms with Crippen LogP contribution in [-0.2, 0) is 0 Å². The highest BCUT2D eigenvalue weighted by molar-refractivity contribution is 5.56. The van der Waals surface area contributed by atoms with Crippen LogP contribution in [-0.4, -0.2) is 43.2 Å². The summed E-state index contributed by atoms with van der Waals surface area (Å²) in [5.41, 5.74) is 0.884. The first-order valence-electron chi connectivity index (χ1n) is 7.30. The van der Waals surface area contributed by atoms with Crippen LogP contribution < -0.4 is 0 Å². The number of aromatic nitrogens is 5. The van der Waals surface area contributed by atoms with Crippen LogP contribution in [0.25, 0.3) is 17.2 Å². The summed E-state index contributed by atoms with van der Waals surface area (Å²) in [6, 6.07) is 4.04. The molecular formula is C15H16N6O. The van der Waals surface area contributed by atoms with Gasteiger partial charge in [0.25, 0.3) is 0 Å². The van der Waals surface area contributed by atoms with Gasteiger partial charge >= 0.3 is 0 Å². The predicted octanol–water partition coefficient (Wildman–Crippen LogP) is 2.08. The summed E-state index contributed by atoms with van der Waals surface area (Å²) < 4.78 is 7.30. The fourth-order valence-corrected chi connectivity index (χ4v) is 2.80. The van der Waals surface area contributed by atoms with E-state index < -0.39 is 0 Å². The Hall–Kier alpha value is -2.54. The van der Waals surface area contributed by atoms with Crippen molar-refractivity contribution in [2.75, 3.05) is 13.6 Å². The van der Waals surface area contributed by atoms with Crippen molar-refractivity contribution < 1.29 is 4.52 Å². The summed E-state index contributed by atoms with van der Waals surface area (Å²) in [6.07, 6.45) is 9.25. The average Bonchev–Trinajstić information content (AvgIpc) is 3.28. The molecule has 0 amide bonds. The van der Waals surface area contributed by atoms with E-state index in [9.17, 15) is 0 Å². The minimum atomic E-state index is 0.233. The molecule has 0 N–H and O–H groups in total. The monoisotopic (exact) mass is 296 g/mol. The van der Waals surface area contributed by atoms with E-state index in [4.69, 9.17) is 4.52 Å². The third kappa shape index (κ3) is 2.29. The molecule has 4 rings (SSSR count). The van der Waals surface area contributed by atoms with Gasteiger partial charge in [-0.1, -0.05) is 5.16 Å². The van der Waals surface area contributed by atoms with Crippen molar-refractivity contribution in [1.29, 1.82) is 0 Å². The van der Waals surface area contributed by atoms with Crippen LogP contribution in [0, 0.1) is 0 Å². The molecule has 0 bridgehead atoms. The van der Waals surface area contributed by atoms with Crippen LogP contribution in [0.2, 0.25) is 0 Å². The molecule has 1 aliphatic rings. The molecule has 7 heteroatoms. The van der Waals surface area contributed by atoms with Gasteiger partial charge in [0.2, 0.25) is 11.7 Å². The third-order valence-corrected chi connectivity index (χ3v) is 4.02. The lowest BCUT2D eigenvalue weighted by Crippen LogP contribution is -2.17. The molecule has 112 valence electrons. The smallest absolute Gasteiger partial charge is 0.244 e. The maximum Gasteiger partial charge on any atom is 0.244 e. The maximum atomic E-state index is 5.46. The zero-order valence-corrected chi connectivity index (χ0v) is 12.3. The zero-order valence-electron chi connectivity index (χ0n) is 12.3. The van der Waals surface area contributed by atoms with Gasteiger partial charge in [-0.3, -0.25) is 9.47 Å². The molecule has 3 aromatic heterocycles. The number of imidazole rings is 1. The van der Waals surface area contributed by atoms with Gasteiger partial charge < -0.3 is 4.52 Å². The first kappa shape index (κ1) is 13.1. The van der Waals surface area contributed by atoms with Gasteiger partial charge in [0.15, 0.2) is 0 Å². The van der Waals surface area contributed by atoms with Gasteiger partial charge in [-0.15, -0.1) is 0 Å². The Balaban J connectivity index is 1.65. The van der Waals surface area contributed by atoms with Crippen molar-refractivity contribution in [2.45, 2.75) is 18.9 Å². The van der Waals surface area contributed by atoms with Gasteiger partial charge in [0, 0.05) is 24.2 Å². The number of nitrogens with zero attached hydrogens (tertiary/aromatic N) is 6. The van der Waals surface area contributed by atoms with E-state index >= 15 is 0 Å². The zero-order chi connectivity index (χ0) is 14.9. The largest absolute Gasteiger partial charge is 0.337 e. The number of rotatable bonds is 3. The lowest BCUT2D eigenvalue weighted by atomic mass is 10.2. The lowest BCUT2D eigenvalue weighted by Gasteiger charge is -2.14. The molecular weight excluding hydrogens is 280 g/mol. The van der Waals surface area contributed by atoms with Crippen molar-refractivity contribution in [3.05, 3.63) is 42.9 Å². The third-order valence-electron chi connectivity index (χ3n) is 4.02. The second kappa shape index (κ2) is 5.34. The molecule has 0 spiro atoms. The van der Waals surface area contributed by atoms with E-state index in [0.29, 0.717) is 11.7 Å². The average molecular weight is 296 g/mol. The number of likely N-dealkylation sites (tertiary alicyclic amines) is 1. The van der Waals surface area contributed by atoms with E-state index in [0.717, 1.165) is 24.3 Å². The minimum absolute atomic E-state index is 0.233. The van der Waals surface area contributed by atoms with Crippen molar-refractivity contribution in [3.8, 4) is 17.2 Å². The van der Waals surface area contributed by atoms with Gasteiger partial charge in [-0.05, 0) is 38.6 Å². The molecule has 7 nitrogen and oxygen atoms in total. The molecule has 3 aromatic rings. The fraction of sp³-hybridized carbons (Fsp3) is 0.333. The number of hydrogen-bond acceptors (Lipinski definition) is 6. The Bertz CT molecular complexity index is 766. The van der Waals surface area contributed by atoms with E-state index in [1.807, 2.05) is 22.9 Å². The highest BCUT2D eigenvalue weighted by Crippen LogP contribution is 2.30. The van der Waals surface area contributed by atoms with Crippen LogP contribution in [0.15, 0.2) is 41.6 Å². The second-order valence-electron chi connectivity index (χ2n) is 5.47. The summed E-state index contributed by atoms with van der Waals surface area (Å²) >= 11 is 0. The summed E-state index contributed by atoms with van der Waals surface area (Å²) in [7, 11) is 2.09. The van der Waals surface area contributed by atoms with E-state index in [-0.39, 0.29) is 6.04 Å². The Morgan fingerprint density at radius 2 is 2.27 bits per heavy atom. The molecule has 4 heterocycles. The number of pyridine rings is 1. The Morgan fingerprint density at radius 3 is 3.05 bits per heavy atom. The van der Waals surface area contributed by atoms with Crippen LogP contribution in [0.1, 0.15) is 24.8 Å². The summed E-state index contributed by atoms with van der Waals surface area (Å²) in [4.78, 5) is 15.2. The topological polar surface area (TPSA) is 72.9 Å². The highest BCUT2D eigenvalue weighted by atomic mass is 16.5. The molecule has 0 unspecified atom stereocenters. The second-order valence-corrected chi connectivity index (χ2v) is 5.47. The fourth-order valence-electron chi connectivity index (χ4n) is 2.80. The van der Waals surface area contributed by atoms with Gasteiger partial charge in [-0.2, -0.15) is 4.98 Å². The first-order chi connectivity index (χ1) is 10.8.